The fourth-order valence-electron chi connectivity index (χ4n) is 2.24. The van der Waals surface area contributed by atoms with Crippen molar-refractivity contribution in [2.75, 3.05) is 13.1 Å². The summed E-state index contributed by atoms with van der Waals surface area (Å²) < 4.78 is 0. The van der Waals surface area contributed by atoms with Gasteiger partial charge in [-0.25, -0.2) is 4.79 Å². The second kappa shape index (κ2) is 6.24. The van der Waals surface area contributed by atoms with Crippen molar-refractivity contribution in [2.45, 2.75) is 40.5 Å². The van der Waals surface area contributed by atoms with Gasteiger partial charge in [-0.05, 0) is 32.1 Å². The van der Waals surface area contributed by atoms with Gasteiger partial charge in [0.1, 0.15) is 0 Å². The van der Waals surface area contributed by atoms with Gasteiger partial charge >= 0.3 is 12.0 Å². The second-order valence-corrected chi connectivity index (χ2v) is 6.46. The first-order valence-corrected chi connectivity index (χ1v) is 6.95. The molecular weight excluding hydrogens is 260 g/mol. The van der Waals surface area contributed by atoms with Crippen molar-refractivity contribution in [3.8, 4) is 0 Å². The van der Waals surface area contributed by atoms with Crippen LogP contribution in [0.5, 0.6) is 0 Å². The summed E-state index contributed by atoms with van der Waals surface area (Å²) in [5, 5.41) is 11.2. The number of rotatable bonds is 4. The minimum atomic E-state index is -1.17. The van der Waals surface area contributed by atoms with Crippen LogP contribution in [0, 0.1) is 17.3 Å². The van der Waals surface area contributed by atoms with Crippen LogP contribution in [-0.4, -0.2) is 41.0 Å². The Morgan fingerprint density at radius 3 is 2.40 bits per heavy atom. The highest BCUT2D eigenvalue weighted by Gasteiger charge is 2.33. The van der Waals surface area contributed by atoms with E-state index in [4.69, 9.17) is 5.11 Å². The minimum Gasteiger partial charge on any atom is -0.481 e. The van der Waals surface area contributed by atoms with Crippen LogP contribution < -0.4 is 5.32 Å². The number of nitrogens with one attached hydrogen (secondary N) is 1. The van der Waals surface area contributed by atoms with E-state index in [-0.39, 0.29) is 6.42 Å². The SMILES string of the molecule is CC(C)C1CCN(C(=O)NC(=O)CC(C)(C)C(=O)O)C1. The maximum Gasteiger partial charge on any atom is 0.324 e. The quantitative estimate of drug-likeness (QED) is 0.822. The fourth-order valence-corrected chi connectivity index (χ4v) is 2.24. The van der Waals surface area contributed by atoms with Crippen LogP contribution in [0.2, 0.25) is 0 Å². The number of urea groups is 1. The molecule has 0 aromatic rings. The number of carbonyl (C=O) groups is 3. The molecule has 0 bridgehead atoms. The molecule has 1 atom stereocenters. The van der Waals surface area contributed by atoms with Gasteiger partial charge < -0.3 is 10.0 Å². The standard InChI is InChI=1S/C14H24N2O4/c1-9(2)10-5-6-16(8-10)13(20)15-11(17)7-14(3,4)12(18)19/h9-10H,5-8H2,1-4H3,(H,18,19)(H,15,17,20). The molecular formula is C14H24N2O4. The Balaban J connectivity index is 2.47. The van der Waals surface area contributed by atoms with Crippen molar-refractivity contribution in [1.29, 1.82) is 0 Å². The lowest BCUT2D eigenvalue weighted by molar-refractivity contribution is -0.149. The minimum absolute atomic E-state index is 0.213. The average molecular weight is 284 g/mol. The van der Waals surface area contributed by atoms with Crippen molar-refractivity contribution in [3.63, 3.8) is 0 Å². The highest BCUT2D eigenvalue weighted by molar-refractivity contribution is 5.96. The maximum absolute atomic E-state index is 11.9. The Morgan fingerprint density at radius 1 is 1.35 bits per heavy atom. The van der Waals surface area contributed by atoms with E-state index in [1.807, 2.05) is 0 Å². The van der Waals surface area contributed by atoms with Crippen LogP contribution in [0.25, 0.3) is 0 Å². The van der Waals surface area contributed by atoms with Gasteiger partial charge in [-0.15, -0.1) is 0 Å². The molecule has 1 aliphatic rings. The van der Waals surface area contributed by atoms with Gasteiger partial charge in [0.2, 0.25) is 5.91 Å². The van der Waals surface area contributed by atoms with E-state index in [0.29, 0.717) is 24.9 Å². The molecule has 0 aliphatic carbocycles. The van der Waals surface area contributed by atoms with Gasteiger partial charge in [-0.3, -0.25) is 14.9 Å². The summed E-state index contributed by atoms with van der Waals surface area (Å²) in [6.07, 6.45) is 0.732. The third-order valence-corrected chi connectivity index (χ3v) is 3.88. The van der Waals surface area contributed by atoms with Gasteiger partial charge in [0.25, 0.3) is 0 Å². The van der Waals surface area contributed by atoms with Crippen LogP contribution in [0.15, 0.2) is 0 Å². The molecule has 1 unspecified atom stereocenters. The zero-order valence-corrected chi connectivity index (χ0v) is 12.6. The number of amides is 3. The predicted molar refractivity (Wildman–Crippen MR) is 74.1 cm³/mol. The predicted octanol–water partition coefficient (Wildman–Crippen LogP) is 1.70. The molecule has 114 valence electrons. The number of likely N-dealkylation sites (tertiary alicyclic amines) is 1. The zero-order valence-electron chi connectivity index (χ0n) is 12.6. The summed E-state index contributed by atoms with van der Waals surface area (Å²) in [7, 11) is 0. The lowest BCUT2D eigenvalue weighted by Gasteiger charge is -2.21. The van der Waals surface area contributed by atoms with Crippen LogP contribution in [-0.2, 0) is 9.59 Å². The van der Waals surface area contributed by atoms with Crippen molar-refractivity contribution >= 4 is 17.9 Å². The van der Waals surface area contributed by atoms with Crippen molar-refractivity contribution < 1.29 is 19.5 Å². The number of imide groups is 1. The number of carbonyl (C=O) groups excluding carboxylic acids is 2. The molecule has 0 aromatic heterocycles. The lowest BCUT2D eigenvalue weighted by atomic mass is 9.89. The first-order valence-electron chi connectivity index (χ1n) is 6.95. The highest BCUT2D eigenvalue weighted by atomic mass is 16.4. The topological polar surface area (TPSA) is 86.7 Å². The van der Waals surface area contributed by atoms with Gasteiger partial charge in [-0.1, -0.05) is 13.8 Å². The fraction of sp³-hybridized carbons (Fsp3) is 0.786. The summed E-state index contributed by atoms with van der Waals surface area (Å²) in [5.74, 6) is -0.628. The maximum atomic E-state index is 11.9. The van der Waals surface area contributed by atoms with Crippen molar-refractivity contribution in [1.82, 2.24) is 10.2 Å². The van der Waals surface area contributed by atoms with Crippen molar-refractivity contribution in [3.05, 3.63) is 0 Å². The molecule has 0 radical (unpaired) electrons. The summed E-state index contributed by atoms with van der Waals surface area (Å²) >= 11 is 0. The Hall–Kier alpha value is -1.59. The number of hydrogen-bond donors (Lipinski definition) is 2. The molecule has 1 fully saturated rings. The van der Waals surface area contributed by atoms with Crippen LogP contribution in [0.4, 0.5) is 4.79 Å². The molecule has 0 aromatic carbocycles. The molecule has 1 heterocycles. The first-order chi connectivity index (χ1) is 9.13. The van der Waals surface area contributed by atoms with Gasteiger partial charge in [0.05, 0.1) is 5.41 Å². The molecule has 1 saturated heterocycles. The average Bonchev–Trinajstić information content (AvgIpc) is 2.76. The number of carboxylic acid groups (broad SMARTS) is 1. The number of carboxylic acids is 1. The highest BCUT2D eigenvalue weighted by Crippen LogP contribution is 2.24. The van der Waals surface area contributed by atoms with E-state index >= 15 is 0 Å². The molecule has 1 rings (SSSR count). The van der Waals surface area contributed by atoms with E-state index in [2.05, 4.69) is 19.2 Å². The van der Waals surface area contributed by atoms with Crippen LogP contribution >= 0.6 is 0 Å². The molecule has 1 aliphatic heterocycles. The Kier molecular flexibility index (Phi) is 5.14. The third-order valence-electron chi connectivity index (χ3n) is 3.88. The van der Waals surface area contributed by atoms with Gasteiger partial charge in [0, 0.05) is 19.5 Å². The van der Waals surface area contributed by atoms with E-state index in [9.17, 15) is 14.4 Å². The summed E-state index contributed by atoms with van der Waals surface area (Å²) in [6.45, 7) is 8.46. The zero-order chi connectivity index (χ0) is 15.5. The number of nitrogens with zero attached hydrogens (tertiary/aromatic N) is 1. The van der Waals surface area contributed by atoms with E-state index in [1.54, 1.807) is 4.90 Å². The lowest BCUT2D eigenvalue weighted by Crippen LogP contribution is -2.43. The molecule has 6 heteroatoms. The third kappa shape index (κ3) is 4.21. The smallest absolute Gasteiger partial charge is 0.324 e. The van der Waals surface area contributed by atoms with Crippen LogP contribution in [0.1, 0.15) is 40.5 Å². The Bertz CT molecular complexity index is 404. The van der Waals surface area contributed by atoms with Crippen molar-refractivity contribution in [2.24, 2.45) is 17.3 Å². The summed E-state index contributed by atoms with van der Waals surface area (Å²) in [6, 6.07) is -0.417. The Morgan fingerprint density at radius 2 is 1.95 bits per heavy atom. The van der Waals surface area contributed by atoms with E-state index in [0.717, 1.165) is 6.42 Å². The molecule has 0 spiro atoms. The Labute approximate surface area is 119 Å². The molecule has 3 amide bonds. The largest absolute Gasteiger partial charge is 0.481 e. The van der Waals surface area contributed by atoms with Gasteiger partial charge in [0.15, 0.2) is 0 Å². The second-order valence-electron chi connectivity index (χ2n) is 6.46. The molecule has 6 nitrogen and oxygen atoms in total. The number of aliphatic carboxylic acids is 1. The number of hydrogen-bond acceptors (Lipinski definition) is 3. The molecule has 20 heavy (non-hydrogen) atoms. The molecule has 0 saturated carbocycles. The van der Waals surface area contributed by atoms with E-state index in [1.165, 1.54) is 13.8 Å². The van der Waals surface area contributed by atoms with Crippen LogP contribution in [0.3, 0.4) is 0 Å². The first kappa shape index (κ1) is 16.5. The molecule has 2 N–H and O–H groups in total. The van der Waals surface area contributed by atoms with E-state index < -0.39 is 23.3 Å². The normalized spacial score (nSPS) is 19.2. The van der Waals surface area contributed by atoms with Gasteiger partial charge in [-0.2, -0.15) is 0 Å². The summed E-state index contributed by atoms with van der Waals surface area (Å²) in [5.41, 5.74) is -1.17. The monoisotopic (exact) mass is 284 g/mol. The summed E-state index contributed by atoms with van der Waals surface area (Å²) in [4.78, 5) is 36.2.